The maximum absolute atomic E-state index is 14.0. The topological polar surface area (TPSA) is 388 Å². The molecule has 31 heteroatoms. The van der Waals surface area contributed by atoms with Crippen LogP contribution in [0.1, 0.15) is 138 Å². The number of hydrogen-bond donors (Lipinski definition) is 5. The average Bonchev–Trinajstić information content (AvgIpc) is 1.56. The van der Waals surface area contributed by atoms with Gasteiger partial charge in [-0.25, -0.2) is 20.0 Å². The first kappa shape index (κ1) is 84.8. The van der Waals surface area contributed by atoms with Crippen LogP contribution in [0.15, 0.2) is 253 Å². The van der Waals surface area contributed by atoms with Crippen LogP contribution in [0.5, 0.6) is 0 Å². The third kappa shape index (κ3) is 17.6. The summed E-state index contributed by atoms with van der Waals surface area (Å²) in [7, 11) is 4.97. The number of pyridine rings is 2. The van der Waals surface area contributed by atoms with Crippen molar-refractivity contribution < 1.29 is 37.7 Å². The van der Waals surface area contributed by atoms with Gasteiger partial charge in [0, 0.05) is 113 Å². The Labute approximate surface area is 723 Å². The molecule has 6 atom stereocenters. The van der Waals surface area contributed by atoms with Gasteiger partial charge in [0.15, 0.2) is 34.5 Å². The number of nitro groups is 1. The Balaban J connectivity index is 0.000000129. The molecule has 1 saturated heterocycles. The van der Waals surface area contributed by atoms with Crippen LogP contribution < -0.4 is 28.3 Å². The number of nitrogens with one attached hydrogen (secondary N) is 1. The van der Waals surface area contributed by atoms with Gasteiger partial charge in [-0.2, -0.15) is 0 Å². The van der Waals surface area contributed by atoms with E-state index >= 15 is 0 Å². The Hall–Kier alpha value is -13.2. The average molecular weight is 1710 g/mol. The highest BCUT2D eigenvalue weighted by molar-refractivity contribution is 7.11. The third-order valence-electron chi connectivity index (χ3n) is 24.1. The Morgan fingerprint density at radius 3 is 1.80 bits per heavy atom. The number of rotatable bonds is 17. The van der Waals surface area contributed by atoms with Crippen LogP contribution in [0.3, 0.4) is 0 Å². The number of guanidine groups is 4. The molecule has 5 aliphatic heterocycles. The number of thiophene rings is 2. The number of nitrogens with two attached hydrogens (primary N) is 4. The van der Waals surface area contributed by atoms with Gasteiger partial charge in [-0.15, -0.1) is 32.9 Å². The van der Waals surface area contributed by atoms with Crippen LogP contribution in [0, 0.1) is 16.0 Å². The highest BCUT2D eigenvalue weighted by Gasteiger charge is 2.53. The minimum atomic E-state index is -1.26. The number of nitrogens with zero attached hydrogens (tertiary/aromatic N) is 14. The van der Waals surface area contributed by atoms with E-state index in [-0.39, 0.29) is 65.2 Å². The van der Waals surface area contributed by atoms with Gasteiger partial charge < -0.3 is 42.0 Å². The van der Waals surface area contributed by atoms with E-state index in [1.54, 1.807) is 70.3 Å². The Bertz CT molecular complexity index is 6010. The van der Waals surface area contributed by atoms with E-state index in [1.807, 2.05) is 176 Å². The van der Waals surface area contributed by atoms with Gasteiger partial charge in [0.1, 0.15) is 28.4 Å². The molecule has 12 aromatic rings. The molecule has 2 fully saturated rings. The number of hydrogen-bond acceptors (Lipinski definition) is 24. The number of aromatic nitrogens is 4. The van der Waals surface area contributed by atoms with E-state index in [1.165, 1.54) is 99.6 Å². The lowest BCUT2D eigenvalue weighted by Gasteiger charge is -2.46. The lowest BCUT2D eigenvalue weighted by molar-refractivity contribution is -0.385. The Morgan fingerprint density at radius 2 is 1.21 bits per heavy atom. The molecular formula is C92H94ClN19O9S2. The first-order chi connectivity index (χ1) is 59.2. The maximum Gasteiger partial charge on any atom is 0.288 e. The number of carbonyl (C=O) groups is 5. The molecule has 630 valence electrons. The largest absolute Gasteiger partial charge is 0.464 e. The van der Waals surface area contributed by atoms with Crippen LogP contribution in [0.2, 0.25) is 5.15 Å². The molecule has 7 aromatic heterocycles. The molecule has 12 heterocycles. The van der Waals surface area contributed by atoms with Crippen molar-refractivity contribution in [3.05, 3.63) is 288 Å². The van der Waals surface area contributed by atoms with Gasteiger partial charge in [0.25, 0.3) is 17.5 Å². The predicted octanol–water partition coefficient (Wildman–Crippen LogP) is 14.3. The number of piperidine rings is 1. The minimum absolute atomic E-state index is 0.0884. The second kappa shape index (κ2) is 35.9. The van der Waals surface area contributed by atoms with Gasteiger partial charge in [0.2, 0.25) is 17.7 Å². The fraction of sp³-hybridized carbons (Fsp3) is 0.293. The van der Waals surface area contributed by atoms with Crippen molar-refractivity contribution >= 4 is 115 Å². The number of benzene rings is 5. The molecule has 5 aromatic carbocycles. The molecule has 0 bridgehead atoms. The predicted molar refractivity (Wildman–Crippen MR) is 477 cm³/mol. The van der Waals surface area contributed by atoms with E-state index in [4.69, 9.17) is 63.3 Å². The third-order valence-corrected chi connectivity index (χ3v) is 26.6. The summed E-state index contributed by atoms with van der Waals surface area (Å²) in [5.41, 5.74) is 30.9. The minimum Gasteiger partial charge on any atom is -0.464 e. The number of aliphatic imine (C=N–C) groups is 4. The lowest BCUT2D eigenvalue weighted by atomic mass is 9.76. The quantitative estimate of drug-likeness (QED) is 0.0417. The first-order valence-electron chi connectivity index (χ1n) is 40.6. The van der Waals surface area contributed by atoms with E-state index < -0.39 is 33.4 Å². The maximum atomic E-state index is 14.0. The van der Waals surface area contributed by atoms with Gasteiger partial charge in [-0.1, -0.05) is 122 Å². The number of furan rings is 2. The summed E-state index contributed by atoms with van der Waals surface area (Å²) < 4.78 is 10.9. The van der Waals surface area contributed by atoms with Crippen molar-refractivity contribution in [3.8, 4) is 22.4 Å². The Morgan fingerprint density at radius 1 is 0.610 bits per heavy atom. The molecule has 1 aliphatic carbocycles. The van der Waals surface area contributed by atoms with E-state index in [0.717, 1.165) is 95.3 Å². The summed E-state index contributed by atoms with van der Waals surface area (Å²) in [4.78, 5) is 114. The van der Waals surface area contributed by atoms with Crippen molar-refractivity contribution in [1.29, 1.82) is 0 Å². The van der Waals surface area contributed by atoms with Crippen LogP contribution in [0.25, 0.3) is 44.3 Å². The number of fused-ring (bicyclic) bond motifs is 2. The standard InChI is InChI=1S/C30H27N5O2.C23H19N5O4S.C22H18ClN5O2S.C17H30N4O/c31-29-34-30(24-12-3-1-4-13-24,25-14-5-2-6-15-25)28(37)35(29)21-22-10-9-11-23(20-22)27(36)33-19-17-26-16-7-8-18-32-26;1-23(19-9-16(12-33-19)15-8-17(28(30)31)11-25-10-15)20(21(29)27(2)22(24)26-23)14-3-4-18-13(7-14)5-6-32-18;1-22(17-10-14(11-31-17)15-4-6-18(23)27-26-15)19(20(29)28(2)21(24)25-22)13-3-5-16-12(9-13)7-8-30-16;1-17(11-15(22)20(2)16(18)19-17)13-7-6-10-21(12-13)14-8-4-3-5-9-14/h1-16,18,20H,17,19,21H2,(H2,31,34)(H,33,36);3-12,20H,1-2H3,(H2,24,26);3-11,19H,1-2H3,(H2,24,25);13-14H,3-12H2,1-2H3,(H2,18,19)/t;20?,23-;19?,22-;13?,17-/m.110/s1. The van der Waals surface area contributed by atoms with Crippen molar-refractivity contribution in [2.45, 2.75) is 125 Å². The number of likely N-dealkylation sites (N-methyl/N-ethyl adjacent to an activating group) is 2. The molecule has 0 radical (unpaired) electrons. The summed E-state index contributed by atoms with van der Waals surface area (Å²) in [5, 5.41) is 28.2. The number of amides is 5. The van der Waals surface area contributed by atoms with Gasteiger partial charge in [0.05, 0.1) is 53.5 Å². The fourth-order valence-corrected chi connectivity index (χ4v) is 19.4. The van der Waals surface area contributed by atoms with Crippen molar-refractivity contribution in [2.75, 3.05) is 40.8 Å². The lowest BCUT2D eigenvalue weighted by Crippen LogP contribution is -2.55. The highest BCUT2D eigenvalue weighted by atomic mass is 35.5. The molecule has 28 nitrogen and oxygen atoms in total. The number of carbonyl (C=O) groups excluding carboxylic acids is 5. The van der Waals surface area contributed by atoms with Crippen molar-refractivity contribution in [3.63, 3.8) is 0 Å². The van der Waals surface area contributed by atoms with Crippen molar-refractivity contribution in [1.82, 2.24) is 50.0 Å². The summed E-state index contributed by atoms with van der Waals surface area (Å²) in [6.07, 6.45) is 18.1. The zero-order chi connectivity index (χ0) is 86.5. The van der Waals surface area contributed by atoms with E-state index in [0.29, 0.717) is 53.2 Å². The van der Waals surface area contributed by atoms with E-state index in [2.05, 4.69) is 37.3 Å². The van der Waals surface area contributed by atoms with Crippen LogP contribution >= 0.6 is 34.3 Å². The molecule has 18 rings (SSSR count). The second-order valence-corrected chi connectivity index (χ2v) is 34.3. The molecule has 5 amide bonds. The van der Waals surface area contributed by atoms with Gasteiger partial charge in [-0.05, 0) is 183 Å². The highest BCUT2D eigenvalue weighted by Crippen LogP contribution is 2.50. The summed E-state index contributed by atoms with van der Waals surface area (Å²) >= 11 is 8.80. The normalized spacial score (nSPS) is 21.7. The summed E-state index contributed by atoms with van der Waals surface area (Å²) in [6.45, 7) is 8.92. The summed E-state index contributed by atoms with van der Waals surface area (Å²) in [6, 6.07) is 56.6. The molecule has 9 N–H and O–H groups in total. The number of likely N-dealkylation sites (tertiary alicyclic amines) is 1. The molecule has 6 aliphatic rings. The van der Waals surface area contributed by atoms with Crippen LogP contribution in [-0.4, -0.2) is 155 Å². The second-order valence-electron chi connectivity index (χ2n) is 32.1. The van der Waals surface area contributed by atoms with Crippen LogP contribution in [0.4, 0.5) is 5.69 Å². The summed E-state index contributed by atoms with van der Waals surface area (Å²) in [5.74, 6) is -0.470. The molecule has 123 heavy (non-hydrogen) atoms. The molecule has 0 spiro atoms. The smallest absolute Gasteiger partial charge is 0.288 e. The molecule has 3 unspecified atom stereocenters. The molecular weight excluding hydrogens is 1610 g/mol. The van der Waals surface area contributed by atoms with Gasteiger partial charge >= 0.3 is 0 Å². The number of halogens is 1. The molecule has 1 saturated carbocycles. The SMILES string of the molecule is CN1C(=O)C(c2ccc3occc3c2)[C@@](C)(c2cc(-c3ccc(Cl)nn3)cs2)N=C1N.CN1C(=O)C(c2ccc3occc3c2)[C@@](C)(c2cc(-c3cncc([N+](=O)[O-])c3)cs2)N=C1N.CN1C(=O)C[C@@](C)(C2CCCN(C3CCCCC3)C2)N=C1N.NC1=NC(c2ccccc2)(c2ccccc2)C(=O)N1Cc1cccc(C(=O)NCCc2ccccn2)c1. The van der Waals surface area contributed by atoms with E-state index in [9.17, 15) is 34.1 Å². The van der Waals surface area contributed by atoms with Gasteiger partial charge in [-0.3, -0.25) is 63.7 Å². The zero-order valence-electron chi connectivity index (χ0n) is 68.8. The first-order valence-corrected chi connectivity index (χ1v) is 42.7. The fourth-order valence-electron chi connectivity index (χ4n) is 17.2. The van der Waals surface area contributed by atoms with Crippen molar-refractivity contribution in [2.24, 2.45) is 48.8 Å². The van der Waals surface area contributed by atoms with Crippen LogP contribution in [-0.2, 0) is 48.8 Å². The Kier molecular flexibility index (Phi) is 24.7. The zero-order valence-corrected chi connectivity index (χ0v) is 71.2. The monoisotopic (exact) mass is 1710 g/mol.